The van der Waals surface area contributed by atoms with Crippen molar-refractivity contribution in [2.75, 3.05) is 7.05 Å². The second kappa shape index (κ2) is 9.35. The van der Waals surface area contributed by atoms with E-state index in [-0.39, 0.29) is 23.5 Å². The highest BCUT2D eigenvalue weighted by Gasteiger charge is 2.52. The molecule has 2 rings (SSSR count). The molecule has 1 aromatic carbocycles. The van der Waals surface area contributed by atoms with Crippen LogP contribution >= 0.6 is 0 Å². The first-order chi connectivity index (χ1) is 15.3. The number of carbonyl (C=O) groups is 1. The molecule has 1 heterocycles. The summed E-state index contributed by atoms with van der Waals surface area (Å²) in [6.45, 7) is 1.57. The molecule has 1 aromatic rings. The van der Waals surface area contributed by atoms with Crippen LogP contribution in [0.4, 0.5) is 22.0 Å². The predicted octanol–water partition coefficient (Wildman–Crippen LogP) is 3.22. The summed E-state index contributed by atoms with van der Waals surface area (Å²) in [5.41, 5.74) is 11.0. The molecule has 0 saturated heterocycles. The molecule has 33 heavy (non-hydrogen) atoms. The van der Waals surface area contributed by atoms with Gasteiger partial charge in [-0.1, -0.05) is 13.0 Å². The van der Waals surface area contributed by atoms with Gasteiger partial charge >= 0.3 is 6.18 Å². The van der Waals surface area contributed by atoms with Crippen LogP contribution in [-0.2, 0) is 10.3 Å². The highest BCUT2D eigenvalue weighted by Crippen LogP contribution is 2.43. The lowest BCUT2D eigenvalue weighted by Gasteiger charge is -2.28. The van der Waals surface area contributed by atoms with Crippen LogP contribution in [0.5, 0.6) is 0 Å². The zero-order valence-corrected chi connectivity index (χ0v) is 17.6. The van der Waals surface area contributed by atoms with Crippen molar-refractivity contribution in [3.63, 3.8) is 0 Å². The van der Waals surface area contributed by atoms with Crippen LogP contribution in [0.2, 0.25) is 0 Å². The molecule has 0 aliphatic carbocycles. The molecule has 178 valence electrons. The minimum absolute atomic E-state index is 0.129. The third kappa shape index (κ3) is 4.83. The number of aliphatic hydroxyl groups is 1. The summed E-state index contributed by atoms with van der Waals surface area (Å²) in [5, 5.41) is 10.2. The molecule has 12 heteroatoms. The van der Waals surface area contributed by atoms with E-state index < -0.39 is 46.3 Å². The normalized spacial score (nSPS) is 21.0. The first-order valence-corrected chi connectivity index (χ1v) is 9.46. The summed E-state index contributed by atoms with van der Waals surface area (Å²) in [6.07, 6.45) is -1.90. The number of aliphatic imine (C=N–C) groups is 1. The number of nitrogens with two attached hydrogens (primary N) is 3. The van der Waals surface area contributed by atoms with E-state index in [4.69, 9.17) is 17.2 Å². The Morgan fingerprint density at radius 3 is 2.42 bits per heavy atom. The average Bonchev–Trinajstić information content (AvgIpc) is 2.97. The zero-order valence-electron chi connectivity index (χ0n) is 17.6. The van der Waals surface area contributed by atoms with E-state index in [2.05, 4.69) is 4.99 Å². The number of hydrogen-bond donors (Lipinski definition) is 4. The molecule has 0 spiro atoms. The monoisotopic (exact) mass is 471 g/mol. The molecule has 0 fully saturated rings. The second-order valence-corrected chi connectivity index (χ2v) is 6.99. The first-order valence-electron chi connectivity index (χ1n) is 9.46. The minimum Gasteiger partial charge on any atom is -0.507 e. The van der Waals surface area contributed by atoms with Crippen molar-refractivity contribution in [3.8, 4) is 0 Å². The topological polar surface area (TPSA) is 131 Å². The Hall–Kier alpha value is -3.83. The van der Waals surface area contributed by atoms with E-state index in [0.29, 0.717) is 18.4 Å². The van der Waals surface area contributed by atoms with Gasteiger partial charge in [0.05, 0.1) is 0 Å². The van der Waals surface area contributed by atoms with E-state index in [1.54, 1.807) is 6.92 Å². The van der Waals surface area contributed by atoms with Crippen molar-refractivity contribution in [1.82, 2.24) is 4.90 Å². The maximum atomic E-state index is 15.1. The fraction of sp³-hybridized carbons (Fsp3) is 0.238. The number of carbonyl (C=O) groups excluding carboxylic acids is 1. The Morgan fingerprint density at radius 1 is 1.30 bits per heavy atom. The van der Waals surface area contributed by atoms with Crippen LogP contribution in [0.3, 0.4) is 0 Å². The number of hydrogen-bond acceptors (Lipinski definition) is 6. The molecule has 0 radical (unpaired) electrons. The van der Waals surface area contributed by atoms with Gasteiger partial charge in [0.1, 0.15) is 23.1 Å². The van der Waals surface area contributed by atoms with Crippen LogP contribution in [0.25, 0.3) is 5.76 Å². The van der Waals surface area contributed by atoms with Gasteiger partial charge in [0.2, 0.25) is 0 Å². The number of likely N-dealkylation sites (N-methyl/N-ethyl adjacent to an activating group) is 1. The highest BCUT2D eigenvalue weighted by atomic mass is 19.4. The third-order valence-corrected chi connectivity index (χ3v) is 4.81. The van der Waals surface area contributed by atoms with Crippen molar-refractivity contribution in [1.29, 1.82) is 0 Å². The van der Waals surface area contributed by atoms with Gasteiger partial charge in [-0.25, -0.2) is 13.8 Å². The summed E-state index contributed by atoms with van der Waals surface area (Å²) >= 11 is 0. The lowest BCUT2D eigenvalue weighted by atomic mass is 9.80. The Labute approximate surface area is 186 Å². The number of alkyl halides is 3. The van der Waals surface area contributed by atoms with Crippen molar-refractivity contribution >= 4 is 17.6 Å². The van der Waals surface area contributed by atoms with Gasteiger partial charge in [-0.3, -0.25) is 9.69 Å². The molecule has 1 unspecified atom stereocenters. The van der Waals surface area contributed by atoms with Crippen molar-refractivity contribution in [2.45, 2.75) is 25.1 Å². The highest BCUT2D eigenvalue weighted by molar-refractivity contribution is 6.09. The molecule has 1 amide bonds. The van der Waals surface area contributed by atoms with Crippen molar-refractivity contribution in [2.24, 2.45) is 22.2 Å². The Morgan fingerprint density at radius 2 is 1.94 bits per heavy atom. The standard InChI is InChI=1S/C21H22F5N5O2/c1-3-4-12(8-17(28)21(24,25)26)20(18(33)31(2)19(29)30-20)14-7-11(5-6-15(14)23)16(32)9-13(22)10-27/h4-10,32H,3,27-28H2,1-2H3,(H2,29,30)/b12-4+,13-10+,16-9-,17-8-. The van der Waals surface area contributed by atoms with Crippen LogP contribution in [0.1, 0.15) is 24.5 Å². The zero-order chi connectivity index (χ0) is 25.1. The van der Waals surface area contributed by atoms with Gasteiger partial charge in [0.15, 0.2) is 11.5 Å². The molecule has 1 aliphatic rings. The number of guanidine groups is 1. The number of aliphatic hydroxyl groups excluding tert-OH is 1. The lowest BCUT2D eigenvalue weighted by molar-refractivity contribution is -0.129. The number of nitrogens with zero attached hydrogens (tertiary/aromatic N) is 2. The number of rotatable bonds is 6. The van der Waals surface area contributed by atoms with Crippen LogP contribution in [0, 0.1) is 5.82 Å². The van der Waals surface area contributed by atoms with E-state index in [9.17, 15) is 27.5 Å². The van der Waals surface area contributed by atoms with Crippen LogP contribution < -0.4 is 17.2 Å². The smallest absolute Gasteiger partial charge is 0.430 e. The summed E-state index contributed by atoms with van der Waals surface area (Å²) < 4.78 is 68.1. The Balaban J connectivity index is 2.91. The van der Waals surface area contributed by atoms with Crippen LogP contribution in [-0.4, -0.2) is 35.1 Å². The number of benzene rings is 1. The van der Waals surface area contributed by atoms with E-state index >= 15 is 4.39 Å². The molecule has 0 bridgehead atoms. The van der Waals surface area contributed by atoms with Gasteiger partial charge in [-0.2, -0.15) is 13.2 Å². The lowest BCUT2D eigenvalue weighted by Crippen LogP contribution is -2.42. The van der Waals surface area contributed by atoms with E-state index in [1.807, 2.05) is 0 Å². The second-order valence-electron chi connectivity index (χ2n) is 6.99. The fourth-order valence-electron chi connectivity index (χ4n) is 3.16. The molecular formula is C21H22F5N5O2. The summed E-state index contributed by atoms with van der Waals surface area (Å²) in [6, 6.07) is 2.87. The molecule has 7 nitrogen and oxygen atoms in total. The summed E-state index contributed by atoms with van der Waals surface area (Å²) in [5.74, 6) is -4.09. The third-order valence-electron chi connectivity index (χ3n) is 4.81. The average molecular weight is 471 g/mol. The van der Waals surface area contributed by atoms with E-state index in [0.717, 1.165) is 23.1 Å². The first kappa shape index (κ1) is 25.4. The van der Waals surface area contributed by atoms with Gasteiger partial charge in [-0.05, 0) is 36.3 Å². The quantitative estimate of drug-likeness (QED) is 0.288. The Kier molecular flexibility index (Phi) is 7.20. The maximum absolute atomic E-state index is 15.1. The largest absolute Gasteiger partial charge is 0.507 e. The van der Waals surface area contributed by atoms with Crippen molar-refractivity contribution < 1.29 is 31.9 Å². The predicted molar refractivity (Wildman–Crippen MR) is 113 cm³/mol. The van der Waals surface area contributed by atoms with Gasteiger partial charge in [-0.15, -0.1) is 0 Å². The molecule has 1 atom stereocenters. The van der Waals surface area contributed by atoms with E-state index in [1.165, 1.54) is 13.1 Å². The molecule has 1 aliphatic heterocycles. The SMILES string of the molecule is CC/C=C(\C=C(/N)C(F)(F)F)C1(c2cc(/C(O)=C/C(F)=C\N)ccc2F)N=C(N)N(C)C1=O. The summed E-state index contributed by atoms with van der Waals surface area (Å²) in [4.78, 5) is 18.1. The molecular weight excluding hydrogens is 449 g/mol. The number of allylic oxidation sites excluding steroid dienone is 4. The van der Waals surface area contributed by atoms with Gasteiger partial charge in [0.25, 0.3) is 5.91 Å². The van der Waals surface area contributed by atoms with Crippen LogP contribution in [0.15, 0.2) is 64.7 Å². The van der Waals surface area contributed by atoms with Gasteiger partial charge < -0.3 is 22.3 Å². The fourth-order valence-corrected chi connectivity index (χ4v) is 3.16. The summed E-state index contributed by atoms with van der Waals surface area (Å²) in [7, 11) is 1.21. The minimum atomic E-state index is -4.94. The van der Waals surface area contributed by atoms with Gasteiger partial charge in [0, 0.05) is 30.5 Å². The maximum Gasteiger partial charge on any atom is 0.430 e. The van der Waals surface area contributed by atoms with Crippen molar-refractivity contribution in [3.05, 3.63) is 76.7 Å². The molecule has 7 N–H and O–H groups in total. The number of halogens is 5. The molecule has 0 aromatic heterocycles. The number of amides is 1. The molecule has 0 saturated carbocycles. The Bertz CT molecular complexity index is 1100.